The van der Waals surface area contributed by atoms with E-state index in [9.17, 15) is 20.0 Å². The lowest BCUT2D eigenvalue weighted by atomic mass is 10.2. The number of hydrogen-bond donors (Lipinski definition) is 2. The summed E-state index contributed by atoms with van der Waals surface area (Å²) in [4.78, 5) is 26.9. The minimum absolute atomic E-state index is 0.0628. The van der Waals surface area contributed by atoms with Gasteiger partial charge in [0.25, 0.3) is 0 Å². The second kappa shape index (κ2) is 6.47. The van der Waals surface area contributed by atoms with Crippen LogP contribution in [0.2, 0.25) is 0 Å². The summed E-state index contributed by atoms with van der Waals surface area (Å²) in [7, 11) is 0. The van der Waals surface area contributed by atoms with Crippen molar-refractivity contribution in [3.8, 4) is 16.3 Å². The van der Waals surface area contributed by atoms with Crippen molar-refractivity contribution in [2.24, 2.45) is 0 Å². The summed E-state index contributed by atoms with van der Waals surface area (Å²) in [6.45, 7) is 0. The van der Waals surface area contributed by atoms with Crippen molar-refractivity contribution in [3.05, 3.63) is 74.2 Å². The number of anilines is 2. The molecular formula is C16H11N3O4S. The zero-order chi connectivity index (χ0) is 17.1. The molecule has 0 aliphatic heterocycles. The molecule has 0 aliphatic carbocycles. The average Bonchev–Trinajstić information content (AvgIpc) is 2.57. The first kappa shape index (κ1) is 15.6. The molecule has 24 heavy (non-hydrogen) atoms. The standard InChI is InChI=1S/C16H11N3O4S/c20-12-8-6-11(7-9-12)17-14-13(19(22)23)16(21)24-15(18-14)10-4-2-1-3-5-10/h1-9,17,20H. The summed E-state index contributed by atoms with van der Waals surface area (Å²) in [5.41, 5.74) is 0.564. The number of phenolic OH excluding ortho intramolecular Hbond substituents is 1. The van der Waals surface area contributed by atoms with Gasteiger partial charge in [-0.2, -0.15) is 0 Å². The van der Waals surface area contributed by atoms with Gasteiger partial charge in [0.05, 0.1) is 4.92 Å². The number of aromatic hydroxyl groups is 1. The number of hydrogen-bond acceptors (Lipinski definition) is 7. The van der Waals surface area contributed by atoms with Gasteiger partial charge in [-0.3, -0.25) is 14.9 Å². The molecule has 1 aromatic heterocycles. The van der Waals surface area contributed by atoms with Gasteiger partial charge in [0.2, 0.25) is 5.82 Å². The molecule has 2 aromatic carbocycles. The van der Waals surface area contributed by atoms with Crippen LogP contribution in [0.4, 0.5) is 17.2 Å². The maximum atomic E-state index is 12.2. The number of benzene rings is 2. The molecule has 7 nitrogen and oxygen atoms in total. The van der Waals surface area contributed by atoms with Crippen molar-refractivity contribution in [1.29, 1.82) is 0 Å². The van der Waals surface area contributed by atoms with Crippen LogP contribution in [-0.4, -0.2) is 15.0 Å². The van der Waals surface area contributed by atoms with Crippen LogP contribution in [0.3, 0.4) is 0 Å². The molecule has 0 fully saturated rings. The Kier molecular flexibility index (Phi) is 4.21. The normalized spacial score (nSPS) is 10.3. The maximum absolute atomic E-state index is 12.2. The zero-order valence-corrected chi connectivity index (χ0v) is 13.0. The van der Waals surface area contributed by atoms with Crippen LogP contribution in [0, 0.1) is 10.1 Å². The molecule has 8 heteroatoms. The monoisotopic (exact) mass is 341 g/mol. The lowest BCUT2D eigenvalue weighted by Gasteiger charge is -2.07. The van der Waals surface area contributed by atoms with E-state index in [0.29, 0.717) is 16.3 Å². The van der Waals surface area contributed by atoms with Gasteiger partial charge in [-0.15, -0.1) is 0 Å². The molecule has 3 aromatic rings. The predicted molar refractivity (Wildman–Crippen MR) is 91.9 cm³/mol. The van der Waals surface area contributed by atoms with Crippen LogP contribution in [0.1, 0.15) is 0 Å². The summed E-state index contributed by atoms with van der Waals surface area (Å²) in [6, 6.07) is 14.9. The van der Waals surface area contributed by atoms with E-state index in [2.05, 4.69) is 10.3 Å². The molecule has 0 amide bonds. The van der Waals surface area contributed by atoms with Crippen LogP contribution in [-0.2, 0) is 0 Å². The Bertz CT molecular complexity index is 940. The van der Waals surface area contributed by atoms with E-state index in [0.717, 1.165) is 11.3 Å². The molecule has 0 bridgehead atoms. The Hall–Kier alpha value is -3.26. The highest BCUT2D eigenvalue weighted by molar-refractivity contribution is 7.12. The van der Waals surface area contributed by atoms with Crippen LogP contribution < -0.4 is 10.1 Å². The first-order valence-corrected chi connectivity index (χ1v) is 7.67. The number of phenols is 1. The van der Waals surface area contributed by atoms with Crippen molar-refractivity contribution < 1.29 is 10.0 Å². The lowest BCUT2D eigenvalue weighted by Crippen LogP contribution is -2.10. The van der Waals surface area contributed by atoms with E-state index in [4.69, 9.17) is 0 Å². The summed E-state index contributed by atoms with van der Waals surface area (Å²) in [6.07, 6.45) is 0. The predicted octanol–water partition coefficient (Wildman–Crippen LogP) is 3.53. The zero-order valence-electron chi connectivity index (χ0n) is 12.2. The van der Waals surface area contributed by atoms with Crippen molar-refractivity contribution in [3.63, 3.8) is 0 Å². The Labute approximate surface area is 140 Å². The third-order valence-corrected chi connectivity index (χ3v) is 4.05. The first-order valence-electron chi connectivity index (χ1n) is 6.85. The highest BCUT2D eigenvalue weighted by Crippen LogP contribution is 2.29. The maximum Gasteiger partial charge on any atom is 0.369 e. The third-order valence-electron chi connectivity index (χ3n) is 3.15. The fourth-order valence-electron chi connectivity index (χ4n) is 2.04. The minimum atomic E-state index is -0.747. The molecule has 0 atom stereocenters. The third kappa shape index (κ3) is 3.23. The lowest BCUT2D eigenvalue weighted by molar-refractivity contribution is -0.384. The van der Waals surface area contributed by atoms with Crippen molar-refractivity contribution in [1.82, 2.24) is 4.98 Å². The van der Waals surface area contributed by atoms with E-state index < -0.39 is 15.4 Å². The topological polar surface area (TPSA) is 105 Å². The number of nitro groups is 1. The summed E-state index contributed by atoms with van der Waals surface area (Å²) >= 11 is 0.724. The summed E-state index contributed by atoms with van der Waals surface area (Å²) in [5, 5.41) is 23.7. The molecule has 1 heterocycles. The highest BCUT2D eigenvalue weighted by atomic mass is 32.1. The molecule has 0 radical (unpaired) electrons. The van der Waals surface area contributed by atoms with Gasteiger partial charge >= 0.3 is 10.4 Å². The second-order valence-corrected chi connectivity index (χ2v) is 5.76. The molecule has 0 saturated heterocycles. The highest BCUT2D eigenvalue weighted by Gasteiger charge is 2.23. The Morgan fingerprint density at radius 2 is 1.75 bits per heavy atom. The average molecular weight is 341 g/mol. The molecule has 0 spiro atoms. The van der Waals surface area contributed by atoms with Gasteiger partial charge < -0.3 is 10.4 Å². The Balaban J connectivity index is 2.11. The molecular weight excluding hydrogens is 330 g/mol. The van der Waals surface area contributed by atoms with Gasteiger partial charge in [0.1, 0.15) is 10.8 Å². The molecule has 0 saturated carbocycles. The van der Waals surface area contributed by atoms with Crippen LogP contribution in [0.15, 0.2) is 59.4 Å². The second-order valence-electron chi connectivity index (χ2n) is 4.80. The number of nitrogens with one attached hydrogen (secondary N) is 1. The Morgan fingerprint density at radius 1 is 1.08 bits per heavy atom. The van der Waals surface area contributed by atoms with E-state index in [1.165, 1.54) is 24.3 Å². The van der Waals surface area contributed by atoms with Gasteiger partial charge in [-0.05, 0) is 24.3 Å². The number of aromatic nitrogens is 1. The largest absolute Gasteiger partial charge is 0.508 e. The van der Waals surface area contributed by atoms with Gasteiger partial charge in [-0.25, -0.2) is 4.98 Å². The van der Waals surface area contributed by atoms with Crippen LogP contribution in [0.5, 0.6) is 5.75 Å². The van der Waals surface area contributed by atoms with E-state index in [1.807, 2.05) is 6.07 Å². The van der Waals surface area contributed by atoms with Gasteiger partial charge in [0, 0.05) is 11.3 Å². The van der Waals surface area contributed by atoms with E-state index >= 15 is 0 Å². The van der Waals surface area contributed by atoms with E-state index in [-0.39, 0.29) is 11.6 Å². The summed E-state index contributed by atoms with van der Waals surface area (Å²) < 4.78 is -0.685. The smallest absolute Gasteiger partial charge is 0.369 e. The first-order chi connectivity index (χ1) is 11.5. The van der Waals surface area contributed by atoms with Crippen molar-refractivity contribution >= 4 is 28.5 Å². The number of rotatable bonds is 4. The fraction of sp³-hybridized carbons (Fsp3) is 0. The molecule has 3 rings (SSSR count). The molecule has 0 aliphatic rings. The minimum Gasteiger partial charge on any atom is -0.508 e. The van der Waals surface area contributed by atoms with Crippen molar-refractivity contribution in [2.45, 2.75) is 0 Å². The molecule has 120 valence electrons. The fourth-order valence-corrected chi connectivity index (χ4v) is 2.88. The Morgan fingerprint density at radius 3 is 2.38 bits per heavy atom. The SMILES string of the molecule is O=c1sc(-c2ccccc2)nc(Nc2ccc(O)cc2)c1[N+](=O)[O-]. The quantitative estimate of drug-likeness (QED) is 0.427. The molecule has 0 unspecified atom stereocenters. The van der Waals surface area contributed by atoms with E-state index in [1.54, 1.807) is 24.3 Å². The van der Waals surface area contributed by atoms with Crippen LogP contribution in [0.25, 0.3) is 10.6 Å². The van der Waals surface area contributed by atoms with Gasteiger partial charge in [-0.1, -0.05) is 41.7 Å². The summed E-state index contributed by atoms with van der Waals surface area (Å²) in [5.74, 6) is -0.0684. The molecule has 2 N–H and O–H groups in total. The van der Waals surface area contributed by atoms with Crippen LogP contribution >= 0.6 is 11.3 Å². The van der Waals surface area contributed by atoms with Gasteiger partial charge in [0.15, 0.2) is 0 Å². The van der Waals surface area contributed by atoms with Crippen molar-refractivity contribution in [2.75, 3.05) is 5.32 Å². The number of nitrogens with zero attached hydrogens (tertiary/aromatic N) is 2.